The zero-order chi connectivity index (χ0) is 17.4. The fourth-order valence-electron chi connectivity index (χ4n) is 6.01. The Morgan fingerprint density at radius 1 is 1.12 bits per heavy atom. The molecule has 2 aliphatic heterocycles. The Morgan fingerprint density at radius 3 is 2.44 bits per heavy atom. The minimum absolute atomic E-state index is 0.232. The Bertz CT molecular complexity index is 466. The minimum atomic E-state index is 0.232. The summed E-state index contributed by atoms with van der Waals surface area (Å²) in [5, 5.41) is 0. The highest BCUT2D eigenvalue weighted by atomic mass is 16.5. The van der Waals surface area contributed by atoms with Crippen LogP contribution in [0.5, 0.6) is 0 Å². The predicted octanol–water partition coefficient (Wildman–Crippen LogP) is 1.71. The maximum atomic E-state index is 13.3. The zero-order valence-corrected chi connectivity index (χ0v) is 15.7. The van der Waals surface area contributed by atoms with E-state index in [2.05, 4.69) is 16.7 Å². The van der Waals surface area contributed by atoms with E-state index in [-0.39, 0.29) is 5.92 Å². The number of fused-ring (bicyclic) bond motifs is 2. The zero-order valence-electron chi connectivity index (χ0n) is 15.7. The van der Waals surface area contributed by atoms with Crippen LogP contribution < -0.4 is 5.73 Å². The molecule has 2 aliphatic carbocycles. The molecule has 5 nitrogen and oxygen atoms in total. The Hall–Kier alpha value is -0.650. The van der Waals surface area contributed by atoms with Crippen LogP contribution in [0.4, 0.5) is 0 Å². The highest BCUT2D eigenvalue weighted by molar-refractivity contribution is 5.79. The number of nitrogens with zero attached hydrogens (tertiary/aromatic N) is 2. The highest BCUT2D eigenvalue weighted by Gasteiger charge is 2.44. The number of morpholine rings is 1. The van der Waals surface area contributed by atoms with Gasteiger partial charge in [0.05, 0.1) is 13.2 Å². The summed E-state index contributed by atoms with van der Waals surface area (Å²) in [6.45, 7) is 7.87. The van der Waals surface area contributed by atoms with E-state index >= 15 is 0 Å². The van der Waals surface area contributed by atoms with Gasteiger partial charge >= 0.3 is 0 Å². The molecule has 142 valence electrons. The van der Waals surface area contributed by atoms with E-state index in [9.17, 15) is 4.79 Å². The predicted molar refractivity (Wildman–Crippen MR) is 98.1 cm³/mol. The van der Waals surface area contributed by atoms with E-state index < -0.39 is 0 Å². The quantitative estimate of drug-likeness (QED) is 0.843. The number of amides is 1. The van der Waals surface area contributed by atoms with Gasteiger partial charge in [0, 0.05) is 44.2 Å². The molecule has 1 amide bonds. The van der Waals surface area contributed by atoms with Gasteiger partial charge in [0.1, 0.15) is 0 Å². The van der Waals surface area contributed by atoms with Crippen LogP contribution in [0.25, 0.3) is 0 Å². The van der Waals surface area contributed by atoms with Gasteiger partial charge in [-0.05, 0) is 43.4 Å². The fraction of sp³-hybridized carbons (Fsp3) is 0.950. The first-order valence-electron chi connectivity index (χ1n) is 10.5. The molecule has 4 rings (SSSR count). The molecule has 2 bridgehead atoms. The van der Waals surface area contributed by atoms with Crippen LogP contribution in [0.1, 0.15) is 45.4 Å². The molecule has 4 unspecified atom stereocenters. The fourth-order valence-corrected chi connectivity index (χ4v) is 6.01. The number of ether oxygens (including phenoxy) is 1. The van der Waals surface area contributed by atoms with Crippen LogP contribution in [0, 0.1) is 23.7 Å². The van der Waals surface area contributed by atoms with Crippen LogP contribution in [0.3, 0.4) is 0 Å². The van der Waals surface area contributed by atoms with Gasteiger partial charge < -0.3 is 15.4 Å². The number of rotatable bonds is 3. The average Bonchev–Trinajstić information content (AvgIpc) is 3.06. The summed E-state index contributed by atoms with van der Waals surface area (Å²) < 4.78 is 5.52. The number of nitrogens with two attached hydrogens (primary N) is 1. The molecule has 2 N–H and O–H groups in total. The maximum Gasteiger partial charge on any atom is 0.225 e. The van der Waals surface area contributed by atoms with Crippen LogP contribution in [0.15, 0.2) is 0 Å². The summed E-state index contributed by atoms with van der Waals surface area (Å²) in [7, 11) is 0. The summed E-state index contributed by atoms with van der Waals surface area (Å²) in [5.41, 5.74) is 6.42. The molecule has 0 aromatic carbocycles. The van der Waals surface area contributed by atoms with Crippen LogP contribution >= 0.6 is 0 Å². The van der Waals surface area contributed by atoms with Crippen molar-refractivity contribution >= 4 is 5.91 Å². The number of carbonyl (C=O) groups is 1. The Balaban J connectivity index is 1.40. The van der Waals surface area contributed by atoms with Crippen LogP contribution in [-0.4, -0.2) is 67.2 Å². The van der Waals surface area contributed by atoms with Crippen molar-refractivity contribution < 1.29 is 9.53 Å². The molecule has 2 saturated carbocycles. The first kappa shape index (κ1) is 17.7. The third-order valence-electron chi connectivity index (χ3n) is 7.52. The average molecular weight is 350 g/mol. The molecule has 0 aromatic rings. The second-order valence-electron chi connectivity index (χ2n) is 8.82. The first-order chi connectivity index (χ1) is 12.2. The molecule has 2 saturated heterocycles. The Morgan fingerprint density at radius 2 is 1.80 bits per heavy atom. The van der Waals surface area contributed by atoms with E-state index in [1.54, 1.807) is 0 Å². The number of hydrogen-bond acceptors (Lipinski definition) is 4. The summed E-state index contributed by atoms with van der Waals surface area (Å²) in [4.78, 5) is 18.0. The summed E-state index contributed by atoms with van der Waals surface area (Å²) in [6.07, 6.45) is 7.00. The normalized spacial score (nSPS) is 42.6. The number of hydrogen-bond donors (Lipinski definition) is 1. The molecule has 25 heavy (non-hydrogen) atoms. The lowest BCUT2D eigenvalue weighted by molar-refractivity contribution is -0.137. The summed E-state index contributed by atoms with van der Waals surface area (Å²) in [5.74, 6) is 2.45. The molecule has 2 heterocycles. The number of likely N-dealkylation sites (tertiary alicyclic amines) is 1. The summed E-state index contributed by atoms with van der Waals surface area (Å²) >= 11 is 0. The van der Waals surface area contributed by atoms with E-state index in [1.807, 2.05) is 0 Å². The van der Waals surface area contributed by atoms with Crippen molar-refractivity contribution in [2.45, 2.75) is 57.5 Å². The van der Waals surface area contributed by atoms with Gasteiger partial charge in [-0.1, -0.05) is 19.8 Å². The smallest absolute Gasteiger partial charge is 0.225 e. The van der Waals surface area contributed by atoms with Gasteiger partial charge in [0.25, 0.3) is 0 Å². The lowest BCUT2D eigenvalue weighted by Crippen LogP contribution is -2.50. The van der Waals surface area contributed by atoms with Crippen molar-refractivity contribution in [2.75, 3.05) is 39.4 Å². The van der Waals surface area contributed by atoms with Crippen molar-refractivity contribution in [3.8, 4) is 0 Å². The van der Waals surface area contributed by atoms with Gasteiger partial charge in [0.2, 0.25) is 5.91 Å². The van der Waals surface area contributed by atoms with Gasteiger partial charge in [-0.15, -0.1) is 0 Å². The van der Waals surface area contributed by atoms with Crippen molar-refractivity contribution in [1.82, 2.24) is 9.80 Å². The lowest BCUT2D eigenvalue weighted by Gasteiger charge is -2.44. The number of carbonyl (C=O) groups excluding carboxylic acids is 1. The standard InChI is InChI=1S/C20H35N3O2/c1-2-14-12-23(13-18(14)22-6-8-25-9-7-22)20(24)17-10-15-4-3-5-16(11-17)19(15)21/h14-19H,2-13,21H2,1H3. The van der Waals surface area contributed by atoms with Crippen molar-refractivity contribution in [3.05, 3.63) is 0 Å². The molecular formula is C20H35N3O2. The Kier molecular flexibility index (Phi) is 5.35. The molecule has 5 heteroatoms. The molecule has 0 aromatic heterocycles. The van der Waals surface area contributed by atoms with Gasteiger partial charge in [-0.25, -0.2) is 0 Å². The summed E-state index contributed by atoms with van der Waals surface area (Å²) in [6, 6.07) is 0.879. The first-order valence-corrected chi connectivity index (χ1v) is 10.5. The van der Waals surface area contributed by atoms with Gasteiger partial charge in [-0.2, -0.15) is 0 Å². The second kappa shape index (κ2) is 7.53. The van der Waals surface area contributed by atoms with Crippen molar-refractivity contribution in [2.24, 2.45) is 29.4 Å². The van der Waals surface area contributed by atoms with Crippen LogP contribution in [-0.2, 0) is 9.53 Å². The maximum absolute atomic E-state index is 13.3. The molecule has 4 atom stereocenters. The van der Waals surface area contributed by atoms with Crippen molar-refractivity contribution in [1.29, 1.82) is 0 Å². The monoisotopic (exact) mass is 349 g/mol. The largest absolute Gasteiger partial charge is 0.379 e. The van der Waals surface area contributed by atoms with E-state index in [0.29, 0.717) is 35.7 Å². The van der Waals surface area contributed by atoms with E-state index in [1.165, 1.54) is 19.3 Å². The second-order valence-corrected chi connectivity index (χ2v) is 8.82. The highest BCUT2D eigenvalue weighted by Crippen LogP contribution is 2.43. The Labute approximate surface area is 152 Å². The minimum Gasteiger partial charge on any atom is -0.379 e. The molecule has 4 aliphatic rings. The van der Waals surface area contributed by atoms with Crippen molar-refractivity contribution in [3.63, 3.8) is 0 Å². The third kappa shape index (κ3) is 3.47. The van der Waals surface area contributed by atoms with Gasteiger partial charge in [-0.3, -0.25) is 9.69 Å². The van der Waals surface area contributed by atoms with Crippen LogP contribution in [0.2, 0.25) is 0 Å². The molecule has 4 fully saturated rings. The molecule has 0 radical (unpaired) electrons. The third-order valence-corrected chi connectivity index (χ3v) is 7.52. The van der Waals surface area contributed by atoms with E-state index in [0.717, 1.165) is 58.7 Å². The molecule has 0 spiro atoms. The lowest BCUT2D eigenvalue weighted by atomic mass is 9.65. The van der Waals surface area contributed by atoms with Gasteiger partial charge in [0.15, 0.2) is 0 Å². The molecular weight excluding hydrogens is 314 g/mol. The topological polar surface area (TPSA) is 58.8 Å². The SMILES string of the molecule is CCC1CN(C(=O)C2CC3CCCC(C2)C3N)CC1N1CCOCC1. The van der Waals surface area contributed by atoms with E-state index in [4.69, 9.17) is 10.5 Å².